The molecule has 0 bridgehead atoms. The van der Waals surface area contributed by atoms with Gasteiger partial charge in [0.1, 0.15) is 0 Å². The largest absolute Gasteiger partial charge is 0.315 e. The molecule has 0 aliphatic carbocycles. The van der Waals surface area contributed by atoms with Gasteiger partial charge < -0.3 is 10.2 Å². The Bertz CT molecular complexity index is 198. The topological polar surface area (TPSA) is 18.5 Å². The van der Waals surface area contributed by atoms with E-state index in [0.29, 0.717) is 17.5 Å². The van der Waals surface area contributed by atoms with Crippen LogP contribution in [-0.4, -0.2) is 62.7 Å². The normalized spacial score (nSPS) is 28.0. The molecule has 3 heteroatoms. The van der Waals surface area contributed by atoms with E-state index in [0.717, 1.165) is 0 Å². The summed E-state index contributed by atoms with van der Waals surface area (Å²) in [5, 5.41) is 3.49. The van der Waals surface area contributed by atoms with E-state index in [1.54, 1.807) is 0 Å². The molecule has 0 radical (unpaired) electrons. The minimum absolute atomic E-state index is 0.311. The molecule has 1 fully saturated rings. The third-order valence-electron chi connectivity index (χ3n) is 3.53. The molecule has 2 unspecified atom stereocenters. The first-order valence-electron chi connectivity index (χ1n) is 5.92. The van der Waals surface area contributed by atoms with Gasteiger partial charge in [-0.15, -0.1) is 0 Å². The molecule has 2 atom stereocenters. The molecule has 0 aromatic rings. The molecule has 1 N–H and O–H groups in total. The molecular weight excluding hydrogens is 186 g/mol. The van der Waals surface area contributed by atoms with Crippen molar-refractivity contribution >= 4 is 0 Å². The first kappa shape index (κ1) is 12.9. The van der Waals surface area contributed by atoms with Crippen LogP contribution in [0.2, 0.25) is 0 Å². The average Bonchev–Trinajstić information content (AvgIpc) is 2.10. The standard InChI is InChI=1S/C12H27N3/c1-12(2,3)11(13-4)10-9-14(5)7-8-15(10)6/h10-11,13H,7-9H2,1-6H3. The molecule has 1 rings (SSSR count). The zero-order chi connectivity index (χ0) is 11.6. The van der Waals surface area contributed by atoms with E-state index in [1.807, 2.05) is 0 Å². The molecule has 1 heterocycles. The highest BCUT2D eigenvalue weighted by Crippen LogP contribution is 2.25. The van der Waals surface area contributed by atoms with E-state index in [4.69, 9.17) is 0 Å². The van der Waals surface area contributed by atoms with Crippen LogP contribution >= 0.6 is 0 Å². The van der Waals surface area contributed by atoms with Crippen molar-refractivity contribution in [1.82, 2.24) is 15.1 Å². The Balaban J connectivity index is 2.73. The van der Waals surface area contributed by atoms with Crippen LogP contribution in [0.3, 0.4) is 0 Å². The molecule has 15 heavy (non-hydrogen) atoms. The molecule has 0 spiro atoms. The molecule has 90 valence electrons. The Hall–Kier alpha value is -0.120. The van der Waals surface area contributed by atoms with E-state index in [2.05, 4.69) is 57.0 Å². The van der Waals surface area contributed by atoms with Gasteiger partial charge in [-0.2, -0.15) is 0 Å². The summed E-state index contributed by atoms with van der Waals surface area (Å²) in [5.74, 6) is 0. The van der Waals surface area contributed by atoms with Crippen molar-refractivity contribution < 1.29 is 0 Å². The van der Waals surface area contributed by atoms with Gasteiger partial charge in [0.2, 0.25) is 0 Å². The molecule has 0 saturated carbocycles. The second kappa shape index (κ2) is 4.81. The van der Waals surface area contributed by atoms with E-state index in [-0.39, 0.29) is 0 Å². The van der Waals surface area contributed by atoms with Gasteiger partial charge in [0.25, 0.3) is 0 Å². The second-order valence-electron chi connectivity index (χ2n) is 5.94. The predicted molar refractivity (Wildman–Crippen MR) is 66.2 cm³/mol. The molecule has 1 aliphatic rings. The van der Waals surface area contributed by atoms with Crippen molar-refractivity contribution in [2.24, 2.45) is 5.41 Å². The Morgan fingerprint density at radius 1 is 1.20 bits per heavy atom. The first-order valence-corrected chi connectivity index (χ1v) is 5.92. The van der Waals surface area contributed by atoms with Gasteiger partial charge >= 0.3 is 0 Å². The summed E-state index contributed by atoms with van der Waals surface area (Å²) in [6.07, 6.45) is 0. The van der Waals surface area contributed by atoms with Crippen molar-refractivity contribution in [3.63, 3.8) is 0 Å². The Labute approximate surface area is 94.8 Å². The Kier molecular flexibility index (Phi) is 4.15. The minimum atomic E-state index is 0.311. The maximum Gasteiger partial charge on any atom is 0.0378 e. The SMILES string of the molecule is CNC(C1CN(C)CCN1C)C(C)(C)C. The lowest BCUT2D eigenvalue weighted by molar-refractivity contribution is 0.0559. The second-order valence-corrected chi connectivity index (χ2v) is 5.94. The maximum absolute atomic E-state index is 3.49. The summed E-state index contributed by atoms with van der Waals surface area (Å²) in [7, 11) is 6.54. The maximum atomic E-state index is 3.49. The molecule has 1 aliphatic heterocycles. The van der Waals surface area contributed by atoms with Crippen LogP contribution in [0.5, 0.6) is 0 Å². The Morgan fingerprint density at radius 2 is 1.80 bits per heavy atom. The fourth-order valence-corrected chi connectivity index (χ4v) is 2.61. The zero-order valence-electron chi connectivity index (χ0n) is 11.2. The number of nitrogens with zero attached hydrogens (tertiary/aromatic N) is 2. The summed E-state index contributed by atoms with van der Waals surface area (Å²) in [4.78, 5) is 4.92. The van der Waals surface area contributed by atoms with Crippen LogP contribution in [0, 0.1) is 5.41 Å². The third kappa shape index (κ3) is 3.16. The molecule has 3 nitrogen and oxygen atoms in total. The molecule has 0 aromatic carbocycles. The van der Waals surface area contributed by atoms with E-state index in [1.165, 1.54) is 19.6 Å². The molecular formula is C12H27N3. The van der Waals surface area contributed by atoms with Gasteiger partial charge in [0.05, 0.1) is 0 Å². The minimum Gasteiger partial charge on any atom is -0.315 e. The number of hydrogen-bond donors (Lipinski definition) is 1. The monoisotopic (exact) mass is 213 g/mol. The van der Waals surface area contributed by atoms with Gasteiger partial charge in [0, 0.05) is 31.7 Å². The van der Waals surface area contributed by atoms with Crippen LogP contribution in [0.25, 0.3) is 0 Å². The smallest absolute Gasteiger partial charge is 0.0378 e. The van der Waals surface area contributed by atoms with E-state index >= 15 is 0 Å². The van der Waals surface area contributed by atoms with Crippen molar-refractivity contribution in [3.05, 3.63) is 0 Å². The summed E-state index contributed by atoms with van der Waals surface area (Å²) in [6, 6.07) is 1.17. The quantitative estimate of drug-likeness (QED) is 0.734. The van der Waals surface area contributed by atoms with E-state index in [9.17, 15) is 0 Å². The van der Waals surface area contributed by atoms with Gasteiger partial charge in [-0.3, -0.25) is 4.90 Å². The zero-order valence-corrected chi connectivity index (χ0v) is 11.2. The highest BCUT2D eigenvalue weighted by atomic mass is 15.3. The van der Waals surface area contributed by atoms with Gasteiger partial charge in [-0.1, -0.05) is 20.8 Å². The van der Waals surface area contributed by atoms with Crippen molar-refractivity contribution in [3.8, 4) is 0 Å². The lowest BCUT2D eigenvalue weighted by Crippen LogP contribution is -2.61. The van der Waals surface area contributed by atoms with Crippen LogP contribution in [0.1, 0.15) is 20.8 Å². The van der Waals surface area contributed by atoms with E-state index < -0.39 is 0 Å². The lowest BCUT2D eigenvalue weighted by atomic mass is 9.81. The van der Waals surface area contributed by atoms with Gasteiger partial charge in [-0.05, 0) is 26.6 Å². The molecule has 1 saturated heterocycles. The highest BCUT2D eigenvalue weighted by Gasteiger charge is 2.35. The summed E-state index contributed by atoms with van der Waals surface area (Å²) in [6.45, 7) is 10.5. The fourth-order valence-electron chi connectivity index (χ4n) is 2.61. The van der Waals surface area contributed by atoms with Crippen LogP contribution in [-0.2, 0) is 0 Å². The molecule has 0 aromatic heterocycles. The average molecular weight is 213 g/mol. The third-order valence-corrected chi connectivity index (χ3v) is 3.53. The van der Waals surface area contributed by atoms with Gasteiger partial charge in [-0.25, -0.2) is 0 Å². The highest BCUT2D eigenvalue weighted by molar-refractivity contribution is 4.94. The number of rotatable bonds is 2. The van der Waals surface area contributed by atoms with Crippen molar-refractivity contribution in [1.29, 1.82) is 0 Å². The number of hydrogen-bond acceptors (Lipinski definition) is 3. The van der Waals surface area contributed by atoms with Crippen LogP contribution in [0.4, 0.5) is 0 Å². The summed E-state index contributed by atoms with van der Waals surface area (Å²) in [5.41, 5.74) is 0.311. The number of piperazine rings is 1. The van der Waals surface area contributed by atoms with Crippen LogP contribution < -0.4 is 5.32 Å². The van der Waals surface area contributed by atoms with Crippen molar-refractivity contribution in [2.75, 3.05) is 40.8 Å². The predicted octanol–water partition coefficient (Wildman–Crippen LogP) is 0.866. The number of nitrogens with one attached hydrogen (secondary N) is 1. The summed E-state index contributed by atoms with van der Waals surface area (Å²) < 4.78 is 0. The van der Waals surface area contributed by atoms with Gasteiger partial charge in [0.15, 0.2) is 0 Å². The molecule has 0 amide bonds. The number of likely N-dealkylation sites (N-methyl/N-ethyl adjacent to an activating group) is 3. The van der Waals surface area contributed by atoms with Crippen molar-refractivity contribution in [2.45, 2.75) is 32.9 Å². The summed E-state index contributed by atoms with van der Waals surface area (Å²) >= 11 is 0. The first-order chi connectivity index (χ1) is 6.86. The lowest BCUT2D eigenvalue weighted by Gasteiger charge is -2.46. The Morgan fingerprint density at radius 3 is 2.27 bits per heavy atom. The van der Waals surface area contributed by atoms with Crippen LogP contribution in [0.15, 0.2) is 0 Å². The fraction of sp³-hybridized carbons (Fsp3) is 1.00.